The Hall–Kier alpha value is -1.56. The minimum atomic E-state index is -0.403. The molecule has 0 saturated carbocycles. The van der Waals surface area contributed by atoms with E-state index in [1.807, 2.05) is 0 Å². The van der Waals surface area contributed by atoms with Crippen molar-refractivity contribution in [1.29, 1.82) is 0 Å². The first kappa shape index (κ1) is 14.5. The first-order chi connectivity index (χ1) is 8.58. The molecule has 0 saturated heterocycles. The van der Waals surface area contributed by atoms with Crippen molar-refractivity contribution < 1.29 is 19.1 Å². The van der Waals surface area contributed by atoms with Crippen LogP contribution in [0.15, 0.2) is 23.4 Å². The molecule has 18 heavy (non-hydrogen) atoms. The molecule has 0 amide bonds. The molecule has 1 aromatic rings. The van der Waals surface area contributed by atoms with Gasteiger partial charge < -0.3 is 9.47 Å². The molecule has 0 fully saturated rings. The lowest BCUT2D eigenvalue weighted by molar-refractivity contribution is -0.143. The second-order valence-electron chi connectivity index (χ2n) is 3.61. The Morgan fingerprint density at radius 2 is 2.11 bits per heavy atom. The summed E-state index contributed by atoms with van der Waals surface area (Å²) in [5, 5.41) is 0.675. The molecule has 6 heteroatoms. The number of carbonyl (C=O) groups excluding carboxylic acids is 2. The predicted octanol–water partition coefficient (Wildman–Crippen LogP) is 1.77. The standard InChI is InChI=1S/C12H15NO4S/c1-8(11(14)16-2)7-18-10-6-9(4-5-13-10)12(15)17-3/h4-6,8H,7H2,1-3H3. The van der Waals surface area contributed by atoms with E-state index in [2.05, 4.69) is 14.5 Å². The number of carbonyl (C=O) groups is 2. The third-order valence-electron chi connectivity index (χ3n) is 2.24. The van der Waals surface area contributed by atoms with E-state index < -0.39 is 5.97 Å². The molecule has 98 valence electrons. The Morgan fingerprint density at radius 3 is 2.72 bits per heavy atom. The number of hydrogen-bond donors (Lipinski definition) is 0. The summed E-state index contributed by atoms with van der Waals surface area (Å²) in [6.07, 6.45) is 1.54. The van der Waals surface area contributed by atoms with Crippen molar-refractivity contribution in [2.75, 3.05) is 20.0 Å². The van der Waals surface area contributed by atoms with Gasteiger partial charge in [-0.05, 0) is 12.1 Å². The van der Waals surface area contributed by atoms with Crippen molar-refractivity contribution in [1.82, 2.24) is 4.98 Å². The van der Waals surface area contributed by atoms with Crippen molar-refractivity contribution in [3.05, 3.63) is 23.9 Å². The van der Waals surface area contributed by atoms with Gasteiger partial charge in [-0.25, -0.2) is 9.78 Å². The number of ether oxygens (including phenoxy) is 2. The van der Waals surface area contributed by atoms with Crippen molar-refractivity contribution >= 4 is 23.7 Å². The zero-order valence-electron chi connectivity index (χ0n) is 10.5. The highest BCUT2D eigenvalue weighted by Crippen LogP contribution is 2.20. The second kappa shape index (κ2) is 7.00. The van der Waals surface area contributed by atoms with Crippen LogP contribution in [0.25, 0.3) is 0 Å². The topological polar surface area (TPSA) is 65.5 Å². The van der Waals surface area contributed by atoms with E-state index in [1.165, 1.54) is 32.2 Å². The van der Waals surface area contributed by atoms with Crippen LogP contribution in [0.5, 0.6) is 0 Å². The molecule has 0 aliphatic carbocycles. The van der Waals surface area contributed by atoms with Crippen molar-refractivity contribution in [2.45, 2.75) is 11.9 Å². The third-order valence-corrected chi connectivity index (χ3v) is 3.43. The van der Waals surface area contributed by atoms with Gasteiger partial charge in [0.05, 0.1) is 30.7 Å². The summed E-state index contributed by atoms with van der Waals surface area (Å²) in [5.41, 5.74) is 0.445. The lowest BCUT2D eigenvalue weighted by atomic mass is 10.2. The average Bonchev–Trinajstić information content (AvgIpc) is 2.43. The monoisotopic (exact) mass is 269 g/mol. The van der Waals surface area contributed by atoms with E-state index in [0.717, 1.165) is 0 Å². The second-order valence-corrected chi connectivity index (χ2v) is 4.65. The molecule has 1 unspecified atom stereocenters. The van der Waals surface area contributed by atoms with Crippen molar-refractivity contribution in [3.8, 4) is 0 Å². The molecule has 1 aromatic heterocycles. The van der Waals surface area contributed by atoms with Crippen LogP contribution in [0.4, 0.5) is 0 Å². The first-order valence-electron chi connectivity index (χ1n) is 5.33. The van der Waals surface area contributed by atoms with E-state index in [0.29, 0.717) is 16.3 Å². The van der Waals surface area contributed by atoms with Crippen LogP contribution >= 0.6 is 11.8 Å². The first-order valence-corrected chi connectivity index (χ1v) is 6.32. The number of hydrogen-bond acceptors (Lipinski definition) is 6. The molecule has 0 spiro atoms. The Bertz CT molecular complexity index is 436. The number of aromatic nitrogens is 1. The number of thioether (sulfide) groups is 1. The molecule has 1 rings (SSSR count). The summed E-state index contributed by atoms with van der Waals surface area (Å²) >= 11 is 1.39. The van der Waals surface area contributed by atoms with Crippen LogP contribution in [0.3, 0.4) is 0 Å². The minimum absolute atomic E-state index is 0.219. The fourth-order valence-electron chi connectivity index (χ4n) is 1.21. The Labute approximate surface area is 110 Å². The molecule has 0 aromatic carbocycles. The van der Waals surface area contributed by atoms with Crippen LogP contribution < -0.4 is 0 Å². The highest BCUT2D eigenvalue weighted by Gasteiger charge is 2.14. The molecule has 0 bridgehead atoms. The van der Waals surface area contributed by atoms with Gasteiger partial charge in [0, 0.05) is 11.9 Å². The van der Waals surface area contributed by atoms with Gasteiger partial charge >= 0.3 is 11.9 Å². The van der Waals surface area contributed by atoms with Crippen LogP contribution in [0, 0.1) is 5.92 Å². The Balaban J connectivity index is 2.63. The Kier molecular flexibility index (Phi) is 5.64. The predicted molar refractivity (Wildman–Crippen MR) is 67.5 cm³/mol. The zero-order chi connectivity index (χ0) is 13.5. The van der Waals surface area contributed by atoms with E-state index in [1.54, 1.807) is 19.1 Å². The summed E-state index contributed by atoms with van der Waals surface area (Å²) in [4.78, 5) is 26.7. The molecule has 0 aliphatic heterocycles. The third kappa shape index (κ3) is 4.03. The highest BCUT2D eigenvalue weighted by molar-refractivity contribution is 7.99. The maximum atomic E-state index is 11.3. The normalized spacial score (nSPS) is 11.7. The molecule has 0 aliphatic rings. The minimum Gasteiger partial charge on any atom is -0.469 e. The lowest BCUT2D eigenvalue weighted by Crippen LogP contribution is -2.14. The molecule has 1 atom stereocenters. The van der Waals surface area contributed by atoms with Gasteiger partial charge in [-0.2, -0.15) is 0 Å². The number of nitrogens with zero attached hydrogens (tertiary/aromatic N) is 1. The maximum absolute atomic E-state index is 11.3. The summed E-state index contributed by atoms with van der Waals surface area (Å²) in [6, 6.07) is 3.22. The fourth-order valence-corrected chi connectivity index (χ4v) is 2.12. The summed E-state index contributed by atoms with van der Waals surface area (Å²) in [7, 11) is 2.69. The maximum Gasteiger partial charge on any atom is 0.337 e. The molecule has 0 N–H and O–H groups in total. The number of methoxy groups -OCH3 is 2. The highest BCUT2D eigenvalue weighted by atomic mass is 32.2. The number of rotatable bonds is 5. The molecule has 0 radical (unpaired) electrons. The SMILES string of the molecule is COC(=O)c1ccnc(SCC(C)C(=O)OC)c1. The average molecular weight is 269 g/mol. The van der Waals surface area contributed by atoms with Gasteiger partial charge in [-0.15, -0.1) is 11.8 Å². The van der Waals surface area contributed by atoms with E-state index in [9.17, 15) is 9.59 Å². The van der Waals surface area contributed by atoms with Crippen molar-refractivity contribution in [3.63, 3.8) is 0 Å². The smallest absolute Gasteiger partial charge is 0.337 e. The largest absolute Gasteiger partial charge is 0.469 e. The zero-order valence-corrected chi connectivity index (χ0v) is 11.3. The summed E-state index contributed by atoms with van der Waals surface area (Å²) in [6.45, 7) is 1.78. The van der Waals surface area contributed by atoms with Crippen LogP contribution in [0.1, 0.15) is 17.3 Å². The van der Waals surface area contributed by atoms with Gasteiger partial charge in [-0.3, -0.25) is 4.79 Å². The van der Waals surface area contributed by atoms with Crippen molar-refractivity contribution in [2.24, 2.45) is 5.92 Å². The van der Waals surface area contributed by atoms with Gasteiger partial charge in [0.15, 0.2) is 0 Å². The fraction of sp³-hybridized carbons (Fsp3) is 0.417. The lowest BCUT2D eigenvalue weighted by Gasteiger charge is -2.08. The van der Waals surface area contributed by atoms with Gasteiger partial charge in [0.25, 0.3) is 0 Å². The molecular weight excluding hydrogens is 254 g/mol. The molecular formula is C12H15NO4S. The van der Waals surface area contributed by atoms with Crippen LogP contribution in [-0.4, -0.2) is 36.9 Å². The van der Waals surface area contributed by atoms with E-state index in [4.69, 9.17) is 0 Å². The van der Waals surface area contributed by atoms with E-state index >= 15 is 0 Å². The van der Waals surface area contributed by atoms with Crippen LogP contribution in [-0.2, 0) is 14.3 Å². The number of esters is 2. The Morgan fingerprint density at radius 1 is 1.39 bits per heavy atom. The molecule has 1 heterocycles. The van der Waals surface area contributed by atoms with Crippen LogP contribution in [0.2, 0.25) is 0 Å². The quantitative estimate of drug-likeness (QED) is 0.599. The van der Waals surface area contributed by atoms with E-state index in [-0.39, 0.29) is 11.9 Å². The summed E-state index contributed by atoms with van der Waals surface area (Å²) < 4.78 is 9.26. The van der Waals surface area contributed by atoms with Gasteiger partial charge in [0.1, 0.15) is 0 Å². The van der Waals surface area contributed by atoms with Gasteiger partial charge in [-0.1, -0.05) is 6.92 Å². The molecule has 5 nitrogen and oxygen atoms in total. The number of pyridine rings is 1. The van der Waals surface area contributed by atoms with Gasteiger partial charge in [0.2, 0.25) is 0 Å². The summed E-state index contributed by atoms with van der Waals surface area (Å²) in [5.74, 6) is -0.333.